The lowest BCUT2D eigenvalue weighted by atomic mass is 10.1. The highest BCUT2D eigenvalue weighted by atomic mass is 19.4. The Morgan fingerprint density at radius 2 is 2.04 bits per heavy atom. The molecule has 3 rings (SSSR count). The largest absolute Gasteiger partial charge is 0.433 e. The van der Waals surface area contributed by atoms with Crippen LogP contribution in [0, 0.1) is 0 Å². The number of halogens is 4. The normalized spacial score (nSPS) is 20.2. The van der Waals surface area contributed by atoms with Crippen molar-refractivity contribution in [1.29, 1.82) is 0 Å². The van der Waals surface area contributed by atoms with Crippen molar-refractivity contribution in [2.24, 2.45) is 0 Å². The lowest BCUT2D eigenvalue weighted by molar-refractivity contribution is -0.141. The SMILES string of the molecule is CN(C(=O)[C@@H]1C[C@@H](F)CN1)c1cc(-c2ccc(C(F)(F)F)nc2)ncn1. The molecule has 1 N–H and O–H groups in total. The summed E-state index contributed by atoms with van der Waals surface area (Å²) in [7, 11) is 1.49. The van der Waals surface area contributed by atoms with E-state index in [2.05, 4.69) is 20.3 Å². The van der Waals surface area contributed by atoms with E-state index in [0.717, 1.165) is 12.3 Å². The third-order valence-electron chi connectivity index (χ3n) is 4.05. The second-order valence-electron chi connectivity index (χ2n) is 5.88. The maximum absolute atomic E-state index is 13.3. The zero-order valence-corrected chi connectivity index (χ0v) is 13.7. The summed E-state index contributed by atoms with van der Waals surface area (Å²) < 4.78 is 51.0. The predicted molar refractivity (Wildman–Crippen MR) is 85.0 cm³/mol. The van der Waals surface area contributed by atoms with E-state index in [1.165, 1.54) is 30.4 Å². The summed E-state index contributed by atoms with van der Waals surface area (Å²) in [6.45, 7) is 0.122. The molecule has 0 saturated carbocycles. The second kappa shape index (κ2) is 6.94. The summed E-state index contributed by atoms with van der Waals surface area (Å²) in [5.74, 6) is -0.0932. The summed E-state index contributed by atoms with van der Waals surface area (Å²) in [4.78, 5) is 25.1. The molecule has 0 unspecified atom stereocenters. The molecule has 10 heteroatoms. The summed E-state index contributed by atoms with van der Waals surface area (Å²) in [5.41, 5.74) is -0.333. The number of aromatic nitrogens is 3. The zero-order chi connectivity index (χ0) is 18.9. The van der Waals surface area contributed by atoms with Crippen molar-refractivity contribution in [3.63, 3.8) is 0 Å². The Kier molecular flexibility index (Phi) is 4.86. The Morgan fingerprint density at radius 1 is 1.27 bits per heavy atom. The van der Waals surface area contributed by atoms with E-state index in [1.807, 2.05) is 0 Å². The number of carbonyl (C=O) groups excluding carboxylic acids is 1. The quantitative estimate of drug-likeness (QED) is 0.840. The smallest absolute Gasteiger partial charge is 0.303 e. The van der Waals surface area contributed by atoms with Crippen LogP contribution in [-0.4, -0.2) is 46.7 Å². The number of alkyl halides is 4. The van der Waals surface area contributed by atoms with Gasteiger partial charge in [-0.3, -0.25) is 14.7 Å². The van der Waals surface area contributed by atoms with E-state index in [4.69, 9.17) is 0 Å². The van der Waals surface area contributed by atoms with E-state index in [-0.39, 0.29) is 24.7 Å². The van der Waals surface area contributed by atoms with Crippen LogP contribution < -0.4 is 10.2 Å². The van der Waals surface area contributed by atoms with Crippen molar-refractivity contribution in [3.8, 4) is 11.3 Å². The number of pyridine rings is 1. The fourth-order valence-electron chi connectivity index (χ4n) is 2.63. The molecule has 2 atom stereocenters. The Hall–Kier alpha value is -2.62. The molecule has 1 aliphatic heterocycles. The van der Waals surface area contributed by atoms with Crippen LogP contribution in [0.5, 0.6) is 0 Å². The maximum Gasteiger partial charge on any atom is 0.433 e. The van der Waals surface area contributed by atoms with E-state index in [1.54, 1.807) is 0 Å². The maximum atomic E-state index is 13.3. The topological polar surface area (TPSA) is 71.0 Å². The number of hydrogen-bond acceptors (Lipinski definition) is 5. The van der Waals surface area contributed by atoms with Crippen LogP contribution in [0.4, 0.5) is 23.4 Å². The van der Waals surface area contributed by atoms with Crippen LogP contribution in [0.25, 0.3) is 11.3 Å². The number of rotatable bonds is 3. The Bertz CT molecular complexity index is 796. The van der Waals surface area contributed by atoms with Crippen LogP contribution in [0.15, 0.2) is 30.7 Å². The van der Waals surface area contributed by atoms with E-state index in [0.29, 0.717) is 11.3 Å². The van der Waals surface area contributed by atoms with Gasteiger partial charge in [-0.25, -0.2) is 14.4 Å². The fraction of sp³-hybridized carbons (Fsp3) is 0.375. The lowest BCUT2D eigenvalue weighted by Gasteiger charge is -2.20. The molecule has 0 bridgehead atoms. The van der Waals surface area contributed by atoms with Crippen molar-refractivity contribution < 1.29 is 22.4 Å². The molecule has 1 amide bonds. The van der Waals surface area contributed by atoms with Gasteiger partial charge < -0.3 is 5.32 Å². The molecule has 0 radical (unpaired) electrons. The molecule has 1 saturated heterocycles. The number of anilines is 1. The third kappa shape index (κ3) is 3.79. The lowest BCUT2D eigenvalue weighted by Crippen LogP contribution is -2.42. The van der Waals surface area contributed by atoms with Crippen LogP contribution >= 0.6 is 0 Å². The number of nitrogens with one attached hydrogen (secondary N) is 1. The molecule has 0 aromatic carbocycles. The summed E-state index contributed by atoms with van der Waals surface area (Å²) in [6, 6.07) is 2.93. The van der Waals surface area contributed by atoms with Gasteiger partial charge in [-0.15, -0.1) is 0 Å². The first kappa shape index (κ1) is 18.2. The highest BCUT2D eigenvalue weighted by Crippen LogP contribution is 2.29. The van der Waals surface area contributed by atoms with Crippen molar-refractivity contribution in [1.82, 2.24) is 20.3 Å². The molecule has 3 heterocycles. The summed E-state index contributed by atoms with van der Waals surface area (Å²) in [5, 5.41) is 2.80. The van der Waals surface area contributed by atoms with E-state index < -0.39 is 24.1 Å². The predicted octanol–water partition coefficient (Wildman–Crippen LogP) is 2.22. The molecule has 2 aromatic rings. The molecular formula is C16H15F4N5O. The van der Waals surface area contributed by atoms with Gasteiger partial charge in [0.1, 0.15) is 24.0 Å². The summed E-state index contributed by atoms with van der Waals surface area (Å²) in [6.07, 6.45) is -3.25. The second-order valence-corrected chi connectivity index (χ2v) is 5.88. The summed E-state index contributed by atoms with van der Waals surface area (Å²) >= 11 is 0. The van der Waals surface area contributed by atoms with Crippen LogP contribution in [0.3, 0.4) is 0 Å². The average Bonchev–Trinajstić information content (AvgIpc) is 3.06. The van der Waals surface area contributed by atoms with Crippen molar-refractivity contribution >= 4 is 11.7 Å². The third-order valence-corrected chi connectivity index (χ3v) is 4.05. The Labute approximate surface area is 146 Å². The molecule has 6 nitrogen and oxygen atoms in total. The van der Waals surface area contributed by atoms with Gasteiger partial charge >= 0.3 is 6.18 Å². The number of nitrogens with zero attached hydrogens (tertiary/aromatic N) is 4. The van der Waals surface area contributed by atoms with Gasteiger partial charge in [-0.05, 0) is 12.1 Å². The van der Waals surface area contributed by atoms with Crippen molar-refractivity contribution in [2.45, 2.75) is 24.8 Å². The highest BCUT2D eigenvalue weighted by molar-refractivity contribution is 5.96. The van der Waals surface area contributed by atoms with Gasteiger partial charge in [-0.2, -0.15) is 13.2 Å². The molecule has 0 aliphatic carbocycles. The van der Waals surface area contributed by atoms with Gasteiger partial charge in [-0.1, -0.05) is 0 Å². The Morgan fingerprint density at radius 3 is 2.62 bits per heavy atom. The first-order valence-corrected chi connectivity index (χ1v) is 7.76. The number of carbonyl (C=O) groups is 1. The first-order chi connectivity index (χ1) is 12.3. The van der Waals surface area contributed by atoms with E-state index in [9.17, 15) is 22.4 Å². The van der Waals surface area contributed by atoms with Gasteiger partial charge in [0.25, 0.3) is 0 Å². The molecule has 138 valence electrons. The molecule has 1 fully saturated rings. The van der Waals surface area contributed by atoms with Gasteiger partial charge in [0.05, 0.1) is 11.7 Å². The van der Waals surface area contributed by atoms with Crippen LogP contribution in [-0.2, 0) is 11.0 Å². The monoisotopic (exact) mass is 369 g/mol. The molecule has 2 aromatic heterocycles. The minimum absolute atomic E-state index is 0.0872. The Balaban J connectivity index is 1.80. The van der Waals surface area contributed by atoms with Crippen molar-refractivity contribution in [3.05, 3.63) is 36.4 Å². The fourth-order valence-corrected chi connectivity index (χ4v) is 2.63. The molecule has 1 aliphatic rings. The standard InChI is InChI=1S/C16H15F4N5O/c1-25(15(26)12-4-10(17)7-21-12)14-5-11(23-8-24-14)9-2-3-13(22-6-9)16(18,19)20/h2-3,5-6,8,10,12,21H,4,7H2,1H3/t10-,12+/m1/s1. The van der Waals surface area contributed by atoms with Gasteiger partial charge in [0.2, 0.25) is 5.91 Å². The van der Waals surface area contributed by atoms with Crippen LogP contribution in [0.1, 0.15) is 12.1 Å². The van der Waals surface area contributed by atoms with Gasteiger partial charge in [0, 0.05) is 37.8 Å². The average molecular weight is 369 g/mol. The van der Waals surface area contributed by atoms with Gasteiger partial charge in [0.15, 0.2) is 0 Å². The molecule has 26 heavy (non-hydrogen) atoms. The minimum Gasteiger partial charge on any atom is -0.303 e. The number of hydrogen-bond donors (Lipinski definition) is 1. The van der Waals surface area contributed by atoms with E-state index >= 15 is 0 Å². The van der Waals surface area contributed by atoms with Crippen molar-refractivity contribution in [2.75, 3.05) is 18.5 Å². The minimum atomic E-state index is -4.52. The zero-order valence-electron chi connectivity index (χ0n) is 13.7. The highest BCUT2D eigenvalue weighted by Gasteiger charge is 2.33. The van der Waals surface area contributed by atoms with Crippen LogP contribution in [0.2, 0.25) is 0 Å². The number of likely N-dealkylation sites (N-methyl/N-ethyl adjacent to an activating group) is 1. The first-order valence-electron chi connectivity index (χ1n) is 7.76. The molecular weight excluding hydrogens is 354 g/mol. The molecule has 0 spiro atoms. The number of amides is 1.